The van der Waals surface area contributed by atoms with Crippen LogP contribution in [0, 0.1) is 11.3 Å². The lowest BCUT2D eigenvalue weighted by molar-refractivity contribution is -0.0171. The molecule has 1 fully saturated rings. The number of ether oxygens (including phenoxy) is 1. The summed E-state index contributed by atoms with van der Waals surface area (Å²) in [5.41, 5.74) is 0.295. The van der Waals surface area contributed by atoms with Crippen molar-refractivity contribution >= 4 is 11.6 Å². The van der Waals surface area contributed by atoms with Gasteiger partial charge in [-0.15, -0.1) is 11.6 Å². The summed E-state index contributed by atoms with van der Waals surface area (Å²) in [6, 6.07) is 0. The molecule has 1 aliphatic rings. The van der Waals surface area contributed by atoms with Crippen molar-refractivity contribution in [2.75, 3.05) is 12.5 Å². The van der Waals surface area contributed by atoms with E-state index in [1.54, 1.807) is 0 Å². The molecule has 0 N–H and O–H groups in total. The van der Waals surface area contributed by atoms with Crippen LogP contribution < -0.4 is 0 Å². The third-order valence-corrected chi connectivity index (χ3v) is 3.69. The van der Waals surface area contributed by atoms with E-state index in [4.69, 9.17) is 16.3 Å². The van der Waals surface area contributed by atoms with Crippen molar-refractivity contribution in [2.45, 2.75) is 52.6 Å². The molecule has 0 spiro atoms. The molecule has 84 valence electrons. The van der Waals surface area contributed by atoms with Crippen molar-refractivity contribution in [2.24, 2.45) is 11.3 Å². The average Bonchev–Trinajstić information content (AvgIpc) is 2.83. The molecule has 1 aliphatic carbocycles. The second-order valence-corrected chi connectivity index (χ2v) is 6.04. The van der Waals surface area contributed by atoms with Gasteiger partial charge in [0.15, 0.2) is 0 Å². The van der Waals surface area contributed by atoms with E-state index in [-0.39, 0.29) is 5.60 Å². The van der Waals surface area contributed by atoms with Crippen LogP contribution in [0.2, 0.25) is 0 Å². The van der Waals surface area contributed by atoms with Gasteiger partial charge in [-0.05, 0) is 51.4 Å². The Kier molecular flexibility index (Phi) is 3.87. The van der Waals surface area contributed by atoms with Crippen molar-refractivity contribution in [1.82, 2.24) is 0 Å². The Hall–Kier alpha value is 0.250. The van der Waals surface area contributed by atoms with Crippen molar-refractivity contribution < 1.29 is 4.74 Å². The molecular formula is C12H23ClO. The molecule has 0 aliphatic heterocycles. The van der Waals surface area contributed by atoms with Gasteiger partial charge in [-0.1, -0.05) is 6.92 Å². The van der Waals surface area contributed by atoms with E-state index >= 15 is 0 Å². The second kappa shape index (κ2) is 4.40. The molecule has 1 atom stereocenters. The van der Waals surface area contributed by atoms with E-state index < -0.39 is 0 Å². The Morgan fingerprint density at radius 3 is 2.14 bits per heavy atom. The van der Waals surface area contributed by atoms with E-state index in [2.05, 4.69) is 27.7 Å². The molecule has 0 heterocycles. The molecule has 14 heavy (non-hydrogen) atoms. The van der Waals surface area contributed by atoms with Crippen LogP contribution >= 0.6 is 11.6 Å². The maximum Gasteiger partial charge on any atom is 0.0598 e. The van der Waals surface area contributed by atoms with Crippen molar-refractivity contribution in [1.29, 1.82) is 0 Å². The Morgan fingerprint density at radius 1 is 1.21 bits per heavy atom. The average molecular weight is 219 g/mol. The lowest BCUT2D eigenvalue weighted by Crippen LogP contribution is -2.27. The number of rotatable bonds is 5. The Bertz CT molecular complexity index is 181. The maximum absolute atomic E-state index is 6.04. The minimum atomic E-state index is -0.0171. The van der Waals surface area contributed by atoms with Gasteiger partial charge in [0.1, 0.15) is 0 Å². The molecule has 1 rings (SSSR count). The van der Waals surface area contributed by atoms with Gasteiger partial charge in [-0.3, -0.25) is 0 Å². The first-order valence-electron chi connectivity index (χ1n) is 5.57. The molecule has 1 saturated carbocycles. The zero-order valence-corrected chi connectivity index (χ0v) is 10.7. The fraction of sp³-hybridized carbons (Fsp3) is 1.00. The Morgan fingerprint density at radius 2 is 1.79 bits per heavy atom. The first kappa shape index (κ1) is 12.3. The van der Waals surface area contributed by atoms with Gasteiger partial charge in [-0.25, -0.2) is 0 Å². The van der Waals surface area contributed by atoms with Gasteiger partial charge in [0, 0.05) is 12.5 Å². The van der Waals surface area contributed by atoms with Crippen LogP contribution in [0.5, 0.6) is 0 Å². The third kappa shape index (κ3) is 3.78. The van der Waals surface area contributed by atoms with Crippen LogP contribution in [-0.2, 0) is 4.74 Å². The van der Waals surface area contributed by atoms with Crippen molar-refractivity contribution in [3.63, 3.8) is 0 Å². The summed E-state index contributed by atoms with van der Waals surface area (Å²) < 4.78 is 5.75. The van der Waals surface area contributed by atoms with Crippen LogP contribution in [0.3, 0.4) is 0 Å². The summed E-state index contributed by atoms with van der Waals surface area (Å²) in [5, 5.41) is 0. The minimum Gasteiger partial charge on any atom is -0.376 e. The summed E-state index contributed by atoms with van der Waals surface area (Å²) in [6.45, 7) is 9.43. The zero-order valence-electron chi connectivity index (χ0n) is 9.90. The molecular weight excluding hydrogens is 196 g/mol. The highest BCUT2D eigenvalue weighted by molar-refractivity contribution is 6.18. The van der Waals surface area contributed by atoms with Gasteiger partial charge < -0.3 is 4.74 Å². The lowest BCUT2D eigenvalue weighted by Gasteiger charge is -2.29. The summed E-state index contributed by atoms with van der Waals surface area (Å²) in [4.78, 5) is 0. The van der Waals surface area contributed by atoms with E-state index in [9.17, 15) is 0 Å². The fourth-order valence-corrected chi connectivity index (χ4v) is 2.10. The van der Waals surface area contributed by atoms with E-state index in [0.717, 1.165) is 24.8 Å². The van der Waals surface area contributed by atoms with Gasteiger partial charge in [-0.2, -0.15) is 0 Å². The second-order valence-electron chi connectivity index (χ2n) is 5.77. The SMILES string of the molecule is CC(C)(C)OCCC(C)(CCl)C1CC1. The van der Waals surface area contributed by atoms with E-state index in [1.807, 2.05) is 0 Å². The number of hydrogen-bond donors (Lipinski definition) is 0. The Labute approximate surface area is 93.2 Å². The largest absolute Gasteiger partial charge is 0.376 e. The van der Waals surface area contributed by atoms with Crippen LogP contribution in [-0.4, -0.2) is 18.1 Å². The predicted molar refractivity (Wildman–Crippen MR) is 61.9 cm³/mol. The summed E-state index contributed by atoms with van der Waals surface area (Å²) in [5.74, 6) is 1.62. The molecule has 0 amide bonds. The van der Waals surface area contributed by atoms with Gasteiger partial charge in [0.2, 0.25) is 0 Å². The molecule has 0 saturated heterocycles. The van der Waals surface area contributed by atoms with Crippen LogP contribution in [0.1, 0.15) is 47.0 Å². The van der Waals surface area contributed by atoms with Gasteiger partial charge in [0.05, 0.1) is 5.60 Å². The summed E-state index contributed by atoms with van der Waals surface area (Å²) >= 11 is 6.04. The maximum atomic E-state index is 6.04. The first-order chi connectivity index (χ1) is 6.37. The topological polar surface area (TPSA) is 9.23 Å². The highest BCUT2D eigenvalue weighted by atomic mass is 35.5. The molecule has 0 aromatic carbocycles. The van der Waals surface area contributed by atoms with Gasteiger partial charge in [0.25, 0.3) is 0 Å². The quantitative estimate of drug-likeness (QED) is 0.637. The molecule has 1 unspecified atom stereocenters. The number of hydrogen-bond acceptors (Lipinski definition) is 1. The zero-order chi connectivity index (χ0) is 10.8. The van der Waals surface area contributed by atoms with Crippen molar-refractivity contribution in [3.8, 4) is 0 Å². The fourth-order valence-electron chi connectivity index (χ4n) is 1.75. The number of alkyl halides is 1. The Balaban J connectivity index is 2.27. The normalized spacial score (nSPS) is 22.1. The van der Waals surface area contributed by atoms with E-state index in [1.165, 1.54) is 12.8 Å². The molecule has 0 bridgehead atoms. The smallest absolute Gasteiger partial charge is 0.0598 e. The standard InChI is InChI=1S/C12H23ClO/c1-11(2,3)14-8-7-12(4,9-13)10-5-6-10/h10H,5-9H2,1-4H3. The molecule has 0 aromatic heterocycles. The predicted octanol–water partition coefficient (Wildman–Crippen LogP) is 3.85. The summed E-state index contributed by atoms with van der Waals surface area (Å²) in [6.07, 6.45) is 3.82. The summed E-state index contributed by atoms with van der Waals surface area (Å²) in [7, 11) is 0. The monoisotopic (exact) mass is 218 g/mol. The highest BCUT2D eigenvalue weighted by Gasteiger charge is 2.40. The highest BCUT2D eigenvalue weighted by Crippen LogP contribution is 2.48. The third-order valence-electron chi connectivity index (χ3n) is 3.08. The van der Waals surface area contributed by atoms with Crippen LogP contribution in [0.15, 0.2) is 0 Å². The first-order valence-corrected chi connectivity index (χ1v) is 6.11. The minimum absolute atomic E-state index is 0.0171. The molecule has 1 nitrogen and oxygen atoms in total. The lowest BCUT2D eigenvalue weighted by atomic mass is 9.84. The van der Waals surface area contributed by atoms with Gasteiger partial charge >= 0.3 is 0 Å². The van der Waals surface area contributed by atoms with Crippen LogP contribution in [0.4, 0.5) is 0 Å². The van der Waals surface area contributed by atoms with E-state index in [0.29, 0.717) is 5.41 Å². The number of halogens is 1. The van der Waals surface area contributed by atoms with Crippen LogP contribution in [0.25, 0.3) is 0 Å². The van der Waals surface area contributed by atoms with Crippen molar-refractivity contribution in [3.05, 3.63) is 0 Å². The molecule has 0 aromatic rings. The molecule has 0 radical (unpaired) electrons. The molecule has 2 heteroatoms.